The first-order valence-electron chi connectivity index (χ1n) is 9.95. The van der Waals surface area contributed by atoms with Crippen LogP contribution in [0, 0.1) is 0 Å². The molecule has 0 aliphatic heterocycles. The van der Waals surface area contributed by atoms with Crippen molar-refractivity contribution in [3.8, 4) is 11.3 Å². The smallest absolute Gasteiger partial charge is 0.240 e. The summed E-state index contributed by atoms with van der Waals surface area (Å²) < 4.78 is 30.0. The number of rotatable bonds is 6. The summed E-state index contributed by atoms with van der Waals surface area (Å²) in [4.78, 5) is 4.74. The maximum absolute atomic E-state index is 12.6. The van der Waals surface area contributed by atoms with Crippen molar-refractivity contribution >= 4 is 27.0 Å². The molecule has 3 heterocycles. The molecule has 1 fully saturated rings. The van der Waals surface area contributed by atoms with E-state index in [1.54, 1.807) is 36.7 Å². The van der Waals surface area contributed by atoms with Gasteiger partial charge in [-0.3, -0.25) is 9.50 Å². The first kappa shape index (κ1) is 18.8. The SMILES string of the molecule is O=S(=O)(NC1CCCC1)c1ccc(Nc2ccc(-c3cn[nH]c3)n3ccnc23)cc1. The van der Waals surface area contributed by atoms with Crippen LogP contribution in [0.5, 0.6) is 0 Å². The molecule has 3 N–H and O–H groups in total. The monoisotopic (exact) mass is 422 g/mol. The number of hydrogen-bond acceptors (Lipinski definition) is 5. The van der Waals surface area contributed by atoms with E-state index in [4.69, 9.17) is 0 Å². The number of anilines is 2. The zero-order valence-electron chi connectivity index (χ0n) is 16.2. The van der Waals surface area contributed by atoms with Gasteiger partial charge in [-0.25, -0.2) is 18.1 Å². The van der Waals surface area contributed by atoms with Crippen LogP contribution < -0.4 is 10.0 Å². The average Bonchev–Trinajstić information content (AvgIpc) is 3.51. The second-order valence-corrected chi connectivity index (χ2v) is 9.21. The van der Waals surface area contributed by atoms with Crippen molar-refractivity contribution in [3.63, 3.8) is 0 Å². The van der Waals surface area contributed by atoms with Crippen LogP contribution >= 0.6 is 0 Å². The Bertz CT molecular complexity index is 1260. The van der Waals surface area contributed by atoms with Gasteiger partial charge in [-0.05, 0) is 49.2 Å². The molecule has 0 saturated heterocycles. The number of sulfonamides is 1. The van der Waals surface area contributed by atoms with Crippen LogP contribution in [0.2, 0.25) is 0 Å². The van der Waals surface area contributed by atoms with Gasteiger partial charge in [0.1, 0.15) is 0 Å². The van der Waals surface area contributed by atoms with Gasteiger partial charge in [-0.2, -0.15) is 5.10 Å². The number of imidazole rings is 1. The standard InChI is InChI=1S/C21H22N6O2S/c28-30(29,26-17-3-1-2-4-17)18-7-5-16(6-8-18)25-19-9-10-20(15-13-23-24-14-15)27-12-11-22-21(19)27/h5-14,17,25-26H,1-4H2,(H,23,24). The van der Waals surface area contributed by atoms with Gasteiger partial charge >= 0.3 is 0 Å². The van der Waals surface area contributed by atoms with Crippen LogP contribution in [0.15, 0.2) is 66.1 Å². The summed E-state index contributed by atoms with van der Waals surface area (Å²) >= 11 is 0. The minimum atomic E-state index is -3.49. The fraction of sp³-hybridized carbons (Fsp3) is 0.238. The van der Waals surface area contributed by atoms with Crippen LogP contribution in [0.1, 0.15) is 25.7 Å². The van der Waals surface area contributed by atoms with Gasteiger partial charge in [-0.15, -0.1) is 0 Å². The highest BCUT2D eigenvalue weighted by Gasteiger charge is 2.22. The molecule has 1 saturated carbocycles. The maximum atomic E-state index is 12.6. The zero-order valence-corrected chi connectivity index (χ0v) is 17.1. The van der Waals surface area contributed by atoms with Crippen molar-refractivity contribution in [2.45, 2.75) is 36.6 Å². The van der Waals surface area contributed by atoms with Crippen molar-refractivity contribution < 1.29 is 8.42 Å². The first-order valence-corrected chi connectivity index (χ1v) is 11.4. The predicted octanol–water partition coefficient (Wildman–Crippen LogP) is 3.69. The number of nitrogens with one attached hydrogen (secondary N) is 3. The summed E-state index contributed by atoms with van der Waals surface area (Å²) in [6.07, 6.45) is 11.2. The van der Waals surface area contributed by atoms with E-state index in [1.165, 1.54) is 0 Å². The lowest BCUT2D eigenvalue weighted by Crippen LogP contribution is -2.32. The highest BCUT2D eigenvalue weighted by molar-refractivity contribution is 7.89. The van der Waals surface area contributed by atoms with Gasteiger partial charge in [0.15, 0.2) is 5.65 Å². The molecule has 30 heavy (non-hydrogen) atoms. The molecule has 3 aromatic heterocycles. The van der Waals surface area contributed by atoms with E-state index in [-0.39, 0.29) is 10.9 Å². The van der Waals surface area contributed by atoms with E-state index in [1.807, 2.05) is 28.9 Å². The Morgan fingerprint density at radius 2 is 1.87 bits per heavy atom. The highest BCUT2D eigenvalue weighted by atomic mass is 32.2. The summed E-state index contributed by atoms with van der Waals surface area (Å²) in [7, 11) is -3.49. The number of hydrogen-bond donors (Lipinski definition) is 3. The molecule has 0 amide bonds. The van der Waals surface area contributed by atoms with Crippen LogP contribution in [0.4, 0.5) is 11.4 Å². The lowest BCUT2D eigenvalue weighted by Gasteiger charge is -2.14. The van der Waals surface area contributed by atoms with Gasteiger partial charge in [0.2, 0.25) is 10.0 Å². The van der Waals surface area contributed by atoms with E-state index in [2.05, 4.69) is 25.2 Å². The van der Waals surface area contributed by atoms with Crippen molar-refractivity contribution in [1.29, 1.82) is 0 Å². The van der Waals surface area contributed by atoms with Crippen LogP contribution in [-0.2, 0) is 10.0 Å². The molecular formula is C21H22N6O2S. The van der Waals surface area contributed by atoms with Crippen molar-refractivity contribution in [3.05, 3.63) is 61.2 Å². The van der Waals surface area contributed by atoms with E-state index < -0.39 is 10.0 Å². The quantitative estimate of drug-likeness (QED) is 0.440. The summed E-state index contributed by atoms with van der Waals surface area (Å²) in [5.41, 5.74) is 4.33. The molecular weight excluding hydrogens is 400 g/mol. The molecule has 0 atom stereocenters. The highest BCUT2D eigenvalue weighted by Crippen LogP contribution is 2.27. The van der Waals surface area contributed by atoms with E-state index >= 15 is 0 Å². The lowest BCUT2D eigenvalue weighted by atomic mass is 10.2. The van der Waals surface area contributed by atoms with E-state index in [0.29, 0.717) is 0 Å². The van der Waals surface area contributed by atoms with Gasteiger partial charge in [0.05, 0.1) is 22.5 Å². The van der Waals surface area contributed by atoms with Gasteiger partial charge < -0.3 is 5.32 Å². The Labute approximate surface area is 174 Å². The molecule has 8 nitrogen and oxygen atoms in total. The Kier molecular flexibility index (Phi) is 4.76. The van der Waals surface area contributed by atoms with Crippen LogP contribution in [0.25, 0.3) is 16.9 Å². The van der Waals surface area contributed by atoms with Gasteiger partial charge in [0, 0.05) is 35.9 Å². The maximum Gasteiger partial charge on any atom is 0.240 e. The third kappa shape index (κ3) is 3.57. The topological polar surface area (TPSA) is 104 Å². The zero-order chi connectivity index (χ0) is 20.6. The minimum absolute atomic E-state index is 0.0512. The third-order valence-electron chi connectivity index (χ3n) is 5.46. The second-order valence-electron chi connectivity index (χ2n) is 7.49. The molecule has 9 heteroatoms. The first-order chi connectivity index (χ1) is 14.6. The van der Waals surface area contributed by atoms with Crippen molar-refractivity contribution in [2.24, 2.45) is 0 Å². The van der Waals surface area contributed by atoms with E-state index in [9.17, 15) is 8.42 Å². The molecule has 154 valence electrons. The van der Waals surface area contributed by atoms with Crippen molar-refractivity contribution in [1.82, 2.24) is 24.3 Å². The summed E-state index contributed by atoms with van der Waals surface area (Å²) in [5.74, 6) is 0. The number of fused-ring (bicyclic) bond motifs is 1. The third-order valence-corrected chi connectivity index (χ3v) is 7.00. The molecule has 0 radical (unpaired) electrons. The molecule has 0 unspecified atom stereocenters. The number of H-pyrrole nitrogens is 1. The number of aromatic nitrogens is 4. The van der Waals surface area contributed by atoms with Gasteiger partial charge in [-0.1, -0.05) is 12.8 Å². The van der Waals surface area contributed by atoms with E-state index in [0.717, 1.165) is 54.0 Å². The number of pyridine rings is 1. The molecule has 1 aliphatic rings. The number of benzene rings is 1. The molecule has 0 spiro atoms. The van der Waals surface area contributed by atoms with Gasteiger partial charge in [0.25, 0.3) is 0 Å². The lowest BCUT2D eigenvalue weighted by molar-refractivity contribution is 0.552. The minimum Gasteiger partial charge on any atom is -0.352 e. The Balaban J connectivity index is 1.38. The van der Waals surface area contributed by atoms with Crippen LogP contribution in [-0.4, -0.2) is 34.0 Å². The fourth-order valence-corrected chi connectivity index (χ4v) is 5.25. The summed E-state index contributed by atoms with van der Waals surface area (Å²) in [5, 5.41) is 10.2. The normalized spacial score (nSPS) is 15.1. The largest absolute Gasteiger partial charge is 0.352 e. The molecule has 0 bridgehead atoms. The van der Waals surface area contributed by atoms with Crippen molar-refractivity contribution in [2.75, 3.05) is 5.32 Å². The number of nitrogens with zero attached hydrogens (tertiary/aromatic N) is 3. The number of aromatic amines is 1. The summed E-state index contributed by atoms with van der Waals surface area (Å²) in [6.45, 7) is 0. The Morgan fingerprint density at radius 1 is 1.07 bits per heavy atom. The summed E-state index contributed by atoms with van der Waals surface area (Å²) in [6, 6.07) is 10.8. The Morgan fingerprint density at radius 3 is 2.60 bits per heavy atom. The predicted molar refractivity (Wildman–Crippen MR) is 115 cm³/mol. The molecule has 1 aliphatic carbocycles. The average molecular weight is 423 g/mol. The molecule has 1 aromatic carbocycles. The molecule has 4 aromatic rings. The fourth-order valence-electron chi connectivity index (χ4n) is 3.94. The molecule has 5 rings (SSSR count). The Hall–Kier alpha value is -3.17. The second kappa shape index (κ2) is 7.58. The van der Waals surface area contributed by atoms with Crippen LogP contribution in [0.3, 0.4) is 0 Å².